The Labute approximate surface area is 103 Å². The first-order valence-corrected chi connectivity index (χ1v) is 5.48. The molecule has 0 aliphatic heterocycles. The molecule has 0 amide bonds. The summed E-state index contributed by atoms with van der Waals surface area (Å²) < 4.78 is 19.1. The van der Waals surface area contributed by atoms with E-state index >= 15 is 0 Å². The van der Waals surface area contributed by atoms with E-state index in [1.165, 1.54) is 16.8 Å². The van der Waals surface area contributed by atoms with Crippen molar-refractivity contribution >= 4 is 5.97 Å². The van der Waals surface area contributed by atoms with E-state index in [0.29, 0.717) is 11.5 Å². The minimum absolute atomic E-state index is 0.00123. The second-order valence-corrected chi connectivity index (χ2v) is 3.59. The molecule has 2 rings (SSSR count). The average Bonchev–Trinajstić information content (AvgIpc) is 2.73. The number of esters is 1. The molecule has 1 aromatic carbocycles. The van der Waals surface area contributed by atoms with Gasteiger partial charge in [-0.05, 0) is 38.1 Å². The van der Waals surface area contributed by atoms with E-state index in [9.17, 15) is 9.18 Å². The third kappa shape index (κ3) is 2.37. The highest BCUT2D eigenvalue weighted by atomic mass is 19.1. The van der Waals surface area contributed by atoms with Crippen molar-refractivity contribution in [3.63, 3.8) is 0 Å². The van der Waals surface area contributed by atoms with Crippen molar-refractivity contribution in [3.05, 3.63) is 41.7 Å². The molecule has 18 heavy (non-hydrogen) atoms. The fourth-order valence-corrected chi connectivity index (χ4v) is 1.50. The van der Waals surface area contributed by atoms with Crippen LogP contribution in [-0.2, 0) is 4.74 Å². The fourth-order valence-electron chi connectivity index (χ4n) is 1.50. The molecule has 0 aliphatic rings. The van der Waals surface area contributed by atoms with Crippen LogP contribution in [0.15, 0.2) is 24.3 Å². The van der Waals surface area contributed by atoms with Crippen LogP contribution in [0.4, 0.5) is 4.39 Å². The molecule has 0 saturated carbocycles. The standard InChI is InChI=1S/C12H12FN3O2/c1-3-18-12(17)11-14-8(2)16(15-11)10-6-4-9(13)5-7-10/h4-7H,3H2,1-2H3. The van der Waals surface area contributed by atoms with Gasteiger partial charge in [-0.15, -0.1) is 5.10 Å². The zero-order valence-corrected chi connectivity index (χ0v) is 10.1. The quantitative estimate of drug-likeness (QED) is 0.779. The van der Waals surface area contributed by atoms with Crippen molar-refractivity contribution in [3.8, 4) is 5.69 Å². The molecule has 1 heterocycles. The Balaban J connectivity index is 2.34. The normalized spacial score (nSPS) is 10.4. The molecule has 0 unspecified atom stereocenters. The molecule has 0 fully saturated rings. The van der Waals surface area contributed by atoms with Crippen molar-refractivity contribution in [1.82, 2.24) is 14.8 Å². The van der Waals surface area contributed by atoms with Crippen molar-refractivity contribution in [1.29, 1.82) is 0 Å². The molecule has 6 heteroatoms. The number of aryl methyl sites for hydroxylation is 1. The van der Waals surface area contributed by atoms with Gasteiger partial charge in [0.1, 0.15) is 11.6 Å². The first-order valence-electron chi connectivity index (χ1n) is 5.48. The number of halogens is 1. The molecule has 0 bridgehead atoms. The van der Waals surface area contributed by atoms with Crippen LogP contribution in [0, 0.1) is 12.7 Å². The van der Waals surface area contributed by atoms with Gasteiger partial charge >= 0.3 is 5.97 Å². The number of rotatable bonds is 3. The highest BCUT2D eigenvalue weighted by Gasteiger charge is 2.15. The average molecular weight is 249 g/mol. The van der Waals surface area contributed by atoms with Crippen molar-refractivity contribution < 1.29 is 13.9 Å². The summed E-state index contributed by atoms with van der Waals surface area (Å²) in [6, 6.07) is 5.76. The van der Waals surface area contributed by atoms with E-state index < -0.39 is 5.97 Å². The first-order chi connectivity index (χ1) is 8.61. The summed E-state index contributed by atoms with van der Waals surface area (Å²) >= 11 is 0. The summed E-state index contributed by atoms with van der Waals surface area (Å²) in [5.74, 6) is -0.369. The lowest BCUT2D eigenvalue weighted by Gasteiger charge is -2.01. The molecular formula is C12H12FN3O2. The second kappa shape index (κ2) is 4.95. The Morgan fingerprint density at radius 2 is 2.06 bits per heavy atom. The number of aromatic nitrogens is 3. The Hall–Kier alpha value is -2.24. The van der Waals surface area contributed by atoms with Gasteiger partial charge in [0.15, 0.2) is 0 Å². The third-order valence-corrected chi connectivity index (χ3v) is 2.30. The molecule has 1 aromatic heterocycles. The van der Waals surface area contributed by atoms with Crippen LogP contribution in [0.5, 0.6) is 0 Å². The summed E-state index contributed by atoms with van der Waals surface area (Å²) in [5.41, 5.74) is 0.636. The van der Waals surface area contributed by atoms with Gasteiger partial charge < -0.3 is 4.74 Å². The maximum atomic E-state index is 12.8. The lowest BCUT2D eigenvalue weighted by atomic mass is 10.3. The number of ether oxygens (including phenoxy) is 1. The predicted molar refractivity (Wildman–Crippen MR) is 62.0 cm³/mol. The van der Waals surface area contributed by atoms with Crippen LogP contribution < -0.4 is 0 Å². The fraction of sp³-hybridized carbons (Fsp3) is 0.250. The Morgan fingerprint density at radius 3 is 2.67 bits per heavy atom. The van der Waals surface area contributed by atoms with Gasteiger partial charge in [0.05, 0.1) is 12.3 Å². The largest absolute Gasteiger partial charge is 0.460 e. The van der Waals surface area contributed by atoms with Gasteiger partial charge in [-0.3, -0.25) is 0 Å². The summed E-state index contributed by atoms with van der Waals surface area (Å²) in [5, 5.41) is 4.04. The minimum atomic E-state index is -0.568. The number of hydrogen-bond donors (Lipinski definition) is 0. The predicted octanol–water partition coefficient (Wildman–Crippen LogP) is 1.89. The van der Waals surface area contributed by atoms with E-state index in [1.54, 1.807) is 26.0 Å². The first kappa shape index (κ1) is 12.2. The third-order valence-electron chi connectivity index (χ3n) is 2.30. The molecule has 0 saturated heterocycles. The molecular weight excluding hydrogens is 237 g/mol. The second-order valence-electron chi connectivity index (χ2n) is 3.59. The summed E-state index contributed by atoms with van der Waals surface area (Å²) in [6.07, 6.45) is 0. The molecule has 0 N–H and O–H groups in total. The van der Waals surface area contributed by atoms with Crippen LogP contribution >= 0.6 is 0 Å². The maximum absolute atomic E-state index is 12.8. The van der Waals surface area contributed by atoms with Gasteiger partial charge in [-0.25, -0.2) is 18.9 Å². The summed E-state index contributed by atoms with van der Waals surface area (Å²) in [6.45, 7) is 3.68. The van der Waals surface area contributed by atoms with E-state index in [1.807, 2.05) is 0 Å². The summed E-state index contributed by atoms with van der Waals surface area (Å²) in [7, 11) is 0. The van der Waals surface area contributed by atoms with E-state index in [2.05, 4.69) is 10.1 Å². The van der Waals surface area contributed by atoms with Crippen molar-refractivity contribution in [2.75, 3.05) is 6.61 Å². The maximum Gasteiger partial charge on any atom is 0.378 e. The van der Waals surface area contributed by atoms with Crippen molar-refractivity contribution in [2.24, 2.45) is 0 Å². The molecule has 0 atom stereocenters. The molecule has 0 aliphatic carbocycles. The zero-order chi connectivity index (χ0) is 13.1. The Bertz CT molecular complexity index is 563. The monoisotopic (exact) mass is 249 g/mol. The lowest BCUT2D eigenvalue weighted by molar-refractivity contribution is 0.0512. The van der Waals surface area contributed by atoms with Crippen LogP contribution in [-0.4, -0.2) is 27.3 Å². The number of hydrogen-bond acceptors (Lipinski definition) is 4. The molecule has 0 radical (unpaired) electrons. The molecule has 94 valence electrons. The van der Waals surface area contributed by atoms with E-state index in [4.69, 9.17) is 4.74 Å². The van der Waals surface area contributed by atoms with Gasteiger partial charge in [0.2, 0.25) is 0 Å². The van der Waals surface area contributed by atoms with Crippen LogP contribution in [0.3, 0.4) is 0 Å². The molecule has 0 spiro atoms. The zero-order valence-electron chi connectivity index (χ0n) is 10.1. The van der Waals surface area contributed by atoms with Crippen LogP contribution in [0.25, 0.3) is 5.69 Å². The van der Waals surface area contributed by atoms with Gasteiger partial charge in [0.25, 0.3) is 5.82 Å². The highest BCUT2D eigenvalue weighted by molar-refractivity contribution is 5.85. The smallest absolute Gasteiger partial charge is 0.378 e. The van der Waals surface area contributed by atoms with E-state index in [0.717, 1.165) is 0 Å². The van der Waals surface area contributed by atoms with E-state index in [-0.39, 0.29) is 18.2 Å². The number of carbonyl (C=O) groups is 1. The highest BCUT2D eigenvalue weighted by Crippen LogP contribution is 2.10. The minimum Gasteiger partial charge on any atom is -0.460 e. The SMILES string of the molecule is CCOC(=O)c1nc(C)n(-c2ccc(F)cc2)n1. The number of benzene rings is 1. The van der Waals surface area contributed by atoms with Gasteiger partial charge in [-0.1, -0.05) is 0 Å². The summed E-state index contributed by atoms with van der Waals surface area (Å²) in [4.78, 5) is 15.5. The molecule has 2 aromatic rings. The Morgan fingerprint density at radius 1 is 1.39 bits per heavy atom. The van der Waals surface area contributed by atoms with Gasteiger partial charge in [0, 0.05) is 0 Å². The number of nitrogens with zero attached hydrogens (tertiary/aromatic N) is 3. The van der Waals surface area contributed by atoms with Gasteiger partial charge in [-0.2, -0.15) is 0 Å². The molecule has 5 nitrogen and oxygen atoms in total. The Kier molecular flexibility index (Phi) is 3.36. The van der Waals surface area contributed by atoms with Crippen LogP contribution in [0.1, 0.15) is 23.4 Å². The topological polar surface area (TPSA) is 57.0 Å². The lowest BCUT2D eigenvalue weighted by Crippen LogP contribution is -2.07. The van der Waals surface area contributed by atoms with Crippen LogP contribution in [0.2, 0.25) is 0 Å². The number of carbonyl (C=O) groups excluding carboxylic acids is 1. The van der Waals surface area contributed by atoms with Crippen molar-refractivity contribution in [2.45, 2.75) is 13.8 Å².